The molecule has 0 aliphatic heterocycles. The third-order valence-corrected chi connectivity index (χ3v) is 2.87. The normalized spacial score (nSPS) is 24.3. The average molecular weight is 222 g/mol. The molecule has 0 amide bonds. The standard InChI is InChI=1S/C10H18N6/c1-7-4-8(7)15-10(11-2)12-5-9-13-6-14-16(9)3/h6-8H,4-5H2,1-3H3,(H2,11,12,15). The van der Waals surface area contributed by atoms with Gasteiger partial charge in [0.05, 0.1) is 6.54 Å². The molecular formula is C10H18N6. The van der Waals surface area contributed by atoms with Crippen LogP contribution in [0.4, 0.5) is 0 Å². The van der Waals surface area contributed by atoms with Gasteiger partial charge in [0.15, 0.2) is 5.96 Å². The first-order valence-electron chi connectivity index (χ1n) is 5.50. The summed E-state index contributed by atoms with van der Waals surface area (Å²) in [6.45, 7) is 2.87. The number of hydrogen-bond acceptors (Lipinski definition) is 3. The second-order valence-corrected chi connectivity index (χ2v) is 4.19. The summed E-state index contributed by atoms with van der Waals surface area (Å²) in [7, 11) is 3.65. The fourth-order valence-corrected chi connectivity index (χ4v) is 1.54. The molecule has 0 bridgehead atoms. The Kier molecular flexibility index (Phi) is 3.07. The Morgan fingerprint density at radius 1 is 1.69 bits per heavy atom. The van der Waals surface area contributed by atoms with Gasteiger partial charge in [-0.3, -0.25) is 9.67 Å². The molecule has 1 saturated carbocycles. The zero-order valence-electron chi connectivity index (χ0n) is 9.94. The van der Waals surface area contributed by atoms with Crippen molar-refractivity contribution in [3.8, 4) is 0 Å². The maximum atomic E-state index is 4.17. The molecule has 2 unspecified atom stereocenters. The van der Waals surface area contributed by atoms with Crippen molar-refractivity contribution in [1.29, 1.82) is 0 Å². The Bertz CT molecular complexity index is 382. The number of guanidine groups is 1. The number of hydrogen-bond donors (Lipinski definition) is 2. The van der Waals surface area contributed by atoms with Crippen molar-refractivity contribution in [1.82, 2.24) is 25.4 Å². The largest absolute Gasteiger partial charge is 0.353 e. The lowest BCUT2D eigenvalue weighted by molar-refractivity contribution is 0.669. The molecule has 2 rings (SSSR count). The van der Waals surface area contributed by atoms with Gasteiger partial charge in [0.25, 0.3) is 0 Å². The summed E-state index contributed by atoms with van der Waals surface area (Å²) in [5, 5.41) is 10.6. The lowest BCUT2D eigenvalue weighted by Crippen LogP contribution is -2.39. The van der Waals surface area contributed by atoms with Gasteiger partial charge in [0.1, 0.15) is 12.2 Å². The lowest BCUT2D eigenvalue weighted by atomic mass is 10.5. The molecule has 0 radical (unpaired) electrons. The van der Waals surface area contributed by atoms with Crippen LogP contribution in [-0.4, -0.2) is 33.8 Å². The molecule has 6 nitrogen and oxygen atoms in total. The highest BCUT2D eigenvalue weighted by Crippen LogP contribution is 2.28. The number of rotatable bonds is 3. The van der Waals surface area contributed by atoms with E-state index >= 15 is 0 Å². The Hall–Kier alpha value is -1.59. The first-order valence-corrected chi connectivity index (χ1v) is 5.50. The van der Waals surface area contributed by atoms with E-state index < -0.39 is 0 Å². The Morgan fingerprint density at radius 2 is 2.44 bits per heavy atom. The molecule has 2 N–H and O–H groups in total. The number of aryl methyl sites for hydroxylation is 1. The van der Waals surface area contributed by atoms with Crippen LogP contribution in [0.25, 0.3) is 0 Å². The molecule has 1 aromatic rings. The van der Waals surface area contributed by atoms with E-state index in [1.54, 1.807) is 18.1 Å². The van der Waals surface area contributed by atoms with Gasteiger partial charge in [0.2, 0.25) is 0 Å². The van der Waals surface area contributed by atoms with Crippen LogP contribution >= 0.6 is 0 Å². The van der Waals surface area contributed by atoms with Gasteiger partial charge in [-0.15, -0.1) is 0 Å². The summed E-state index contributed by atoms with van der Waals surface area (Å²) in [5.74, 6) is 2.48. The van der Waals surface area contributed by atoms with E-state index in [-0.39, 0.29) is 0 Å². The Balaban J connectivity index is 1.81. The molecule has 0 spiro atoms. The van der Waals surface area contributed by atoms with E-state index in [9.17, 15) is 0 Å². The van der Waals surface area contributed by atoms with Crippen molar-refractivity contribution in [3.63, 3.8) is 0 Å². The fourth-order valence-electron chi connectivity index (χ4n) is 1.54. The van der Waals surface area contributed by atoms with E-state index in [4.69, 9.17) is 0 Å². The molecule has 1 aromatic heterocycles. The van der Waals surface area contributed by atoms with E-state index in [2.05, 4.69) is 32.6 Å². The smallest absolute Gasteiger partial charge is 0.191 e. The monoisotopic (exact) mass is 222 g/mol. The molecule has 1 heterocycles. The lowest BCUT2D eigenvalue weighted by Gasteiger charge is -2.10. The summed E-state index contributed by atoms with van der Waals surface area (Å²) >= 11 is 0. The second kappa shape index (κ2) is 4.51. The molecule has 0 aromatic carbocycles. The van der Waals surface area contributed by atoms with Crippen molar-refractivity contribution in [2.75, 3.05) is 7.05 Å². The molecule has 16 heavy (non-hydrogen) atoms. The van der Waals surface area contributed by atoms with Gasteiger partial charge >= 0.3 is 0 Å². The van der Waals surface area contributed by atoms with Crippen molar-refractivity contribution in [3.05, 3.63) is 12.2 Å². The number of aromatic nitrogens is 3. The number of nitrogens with zero attached hydrogens (tertiary/aromatic N) is 4. The van der Waals surface area contributed by atoms with Gasteiger partial charge in [-0.2, -0.15) is 5.10 Å². The quantitative estimate of drug-likeness (QED) is 0.553. The zero-order chi connectivity index (χ0) is 11.5. The first-order chi connectivity index (χ1) is 7.70. The molecule has 1 aliphatic carbocycles. The predicted octanol–water partition coefficient (Wildman–Crippen LogP) is -0.111. The Morgan fingerprint density at radius 3 is 2.94 bits per heavy atom. The third kappa shape index (κ3) is 2.50. The first kappa shape index (κ1) is 10.9. The molecule has 1 aliphatic rings. The van der Waals surface area contributed by atoms with Crippen molar-refractivity contribution in [2.45, 2.75) is 25.9 Å². The minimum Gasteiger partial charge on any atom is -0.353 e. The number of aliphatic imine (C=N–C) groups is 1. The summed E-state index contributed by atoms with van der Waals surface area (Å²) in [5.41, 5.74) is 0. The van der Waals surface area contributed by atoms with E-state index in [1.165, 1.54) is 6.42 Å². The van der Waals surface area contributed by atoms with E-state index in [0.29, 0.717) is 12.6 Å². The van der Waals surface area contributed by atoms with Crippen LogP contribution in [0.15, 0.2) is 11.3 Å². The van der Waals surface area contributed by atoms with Gasteiger partial charge in [-0.25, -0.2) is 4.98 Å². The summed E-state index contributed by atoms with van der Waals surface area (Å²) in [4.78, 5) is 8.31. The van der Waals surface area contributed by atoms with Crippen LogP contribution in [0.2, 0.25) is 0 Å². The molecular weight excluding hydrogens is 204 g/mol. The highest BCUT2D eigenvalue weighted by atomic mass is 15.3. The summed E-state index contributed by atoms with van der Waals surface area (Å²) in [6.07, 6.45) is 2.78. The number of nitrogens with one attached hydrogen (secondary N) is 2. The zero-order valence-corrected chi connectivity index (χ0v) is 9.94. The SMILES string of the molecule is CN=C(NCc1ncnn1C)NC1CC1C. The van der Waals surface area contributed by atoms with Crippen molar-refractivity contribution < 1.29 is 0 Å². The van der Waals surface area contributed by atoms with Gasteiger partial charge in [-0.1, -0.05) is 6.92 Å². The highest BCUT2D eigenvalue weighted by molar-refractivity contribution is 5.80. The molecule has 0 saturated heterocycles. The van der Waals surface area contributed by atoms with Crippen molar-refractivity contribution in [2.24, 2.45) is 18.0 Å². The van der Waals surface area contributed by atoms with Crippen LogP contribution in [0.3, 0.4) is 0 Å². The summed E-state index contributed by atoms with van der Waals surface area (Å²) < 4.78 is 1.75. The predicted molar refractivity (Wildman–Crippen MR) is 61.9 cm³/mol. The van der Waals surface area contributed by atoms with Crippen LogP contribution in [-0.2, 0) is 13.6 Å². The molecule has 2 atom stereocenters. The van der Waals surface area contributed by atoms with Crippen molar-refractivity contribution >= 4 is 5.96 Å². The van der Waals surface area contributed by atoms with Gasteiger partial charge in [-0.05, 0) is 12.3 Å². The average Bonchev–Trinajstić information content (AvgIpc) is 2.79. The highest BCUT2D eigenvalue weighted by Gasteiger charge is 2.33. The molecule has 6 heteroatoms. The minimum absolute atomic E-state index is 0.575. The topological polar surface area (TPSA) is 67.1 Å². The third-order valence-electron chi connectivity index (χ3n) is 2.87. The fraction of sp³-hybridized carbons (Fsp3) is 0.700. The van der Waals surface area contributed by atoms with Gasteiger partial charge < -0.3 is 10.6 Å². The van der Waals surface area contributed by atoms with E-state index in [0.717, 1.165) is 17.7 Å². The summed E-state index contributed by atoms with van der Waals surface area (Å²) in [6, 6.07) is 0.575. The molecule has 1 fully saturated rings. The van der Waals surface area contributed by atoms with Crippen LogP contribution in [0.1, 0.15) is 19.2 Å². The van der Waals surface area contributed by atoms with E-state index in [1.807, 2.05) is 7.05 Å². The van der Waals surface area contributed by atoms with Crippen LogP contribution in [0.5, 0.6) is 0 Å². The minimum atomic E-state index is 0.575. The maximum Gasteiger partial charge on any atom is 0.191 e. The van der Waals surface area contributed by atoms with Crippen LogP contribution in [0, 0.1) is 5.92 Å². The van der Waals surface area contributed by atoms with Crippen LogP contribution < -0.4 is 10.6 Å². The maximum absolute atomic E-state index is 4.17. The second-order valence-electron chi connectivity index (χ2n) is 4.19. The molecule has 88 valence electrons. The Labute approximate surface area is 95.2 Å². The van der Waals surface area contributed by atoms with Gasteiger partial charge in [0, 0.05) is 20.1 Å².